The number of rotatable bonds is 14. The number of nitrogens with one attached hydrogen (secondary N) is 2. The molecule has 0 saturated heterocycles. The Morgan fingerprint density at radius 2 is 1.57 bits per heavy atom. The molecule has 0 spiro atoms. The van der Waals surface area contributed by atoms with E-state index in [9.17, 15) is 4.79 Å². The zero-order valence-electron chi connectivity index (χ0n) is 19.7. The molecular weight excluding hydrogens is 370 g/mol. The first-order chi connectivity index (χ1) is 14.6. The van der Waals surface area contributed by atoms with Gasteiger partial charge in [-0.1, -0.05) is 71.6 Å². The zero-order valence-corrected chi connectivity index (χ0v) is 19.7. The van der Waals surface area contributed by atoms with E-state index in [0.717, 1.165) is 67.5 Å². The van der Waals surface area contributed by atoms with E-state index in [1.54, 1.807) is 0 Å². The highest BCUT2D eigenvalue weighted by atomic mass is 16.2. The Morgan fingerprint density at radius 3 is 2.20 bits per heavy atom. The van der Waals surface area contributed by atoms with Gasteiger partial charge in [0.05, 0.1) is 24.3 Å². The van der Waals surface area contributed by atoms with Crippen molar-refractivity contribution in [3.05, 3.63) is 35.5 Å². The van der Waals surface area contributed by atoms with Gasteiger partial charge in [0.15, 0.2) is 6.54 Å². The Kier molecular flexibility index (Phi) is 10.9. The number of aromatic nitrogens is 1. The third-order valence-electron chi connectivity index (χ3n) is 5.79. The van der Waals surface area contributed by atoms with Crippen LogP contribution in [0.3, 0.4) is 0 Å². The number of nitrogens with zero attached hydrogens (tertiary/aromatic N) is 1. The molecule has 0 bridgehead atoms. The SMILES string of the molecule is CCCCc1nc2ccccc2c(NC(=O)C[NH+](CCCC)CCCC)c1CCC. The van der Waals surface area contributed by atoms with Gasteiger partial charge in [-0.05, 0) is 43.7 Å². The van der Waals surface area contributed by atoms with Crippen molar-refractivity contribution in [2.75, 3.05) is 25.0 Å². The number of para-hydroxylation sites is 1. The van der Waals surface area contributed by atoms with Gasteiger partial charge in [0.2, 0.25) is 0 Å². The van der Waals surface area contributed by atoms with Crippen LogP contribution in [-0.2, 0) is 17.6 Å². The van der Waals surface area contributed by atoms with Crippen molar-refractivity contribution >= 4 is 22.5 Å². The van der Waals surface area contributed by atoms with E-state index < -0.39 is 0 Å². The van der Waals surface area contributed by atoms with E-state index in [2.05, 4.69) is 45.1 Å². The van der Waals surface area contributed by atoms with Crippen LogP contribution in [0.25, 0.3) is 10.9 Å². The van der Waals surface area contributed by atoms with E-state index in [0.29, 0.717) is 6.54 Å². The number of benzene rings is 1. The van der Waals surface area contributed by atoms with E-state index in [-0.39, 0.29) is 5.91 Å². The summed E-state index contributed by atoms with van der Waals surface area (Å²) >= 11 is 0. The highest BCUT2D eigenvalue weighted by molar-refractivity contribution is 6.02. The number of pyridine rings is 1. The summed E-state index contributed by atoms with van der Waals surface area (Å²) in [7, 11) is 0. The standard InChI is InChI=1S/C26H41N3O/c1-5-9-16-23-21(14-8-4)26(22-15-12-13-17-24(22)27-23)28-25(30)20-29(18-10-6-2)19-11-7-3/h12-13,15,17H,5-11,14,16,18-20H2,1-4H3,(H,27,28,30)/p+1. The average molecular weight is 413 g/mol. The fraction of sp³-hybridized carbons (Fsp3) is 0.615. The van der Waals surface area contributed by atoms with Crippen LogP contribution in [0.15, 0.2) is 24.3 Å². The number of anilines is 1. The molecule has 2 rings (SSSR count). The van der Waals surface area contributed by atoms with Crippen LogP contribution >= 0.6 is 0 Å². The summed E-state index contributed by atoms with van der Waals surface area (Å²) in [5.74, 6) is 0.132. The number of hydrogen-bond donors (Lipinski definition) is 2. The van der Waals surface area contributed by atoms with Gasteiger partial charge in [-0.15, -0.1) is 0 Å². The fourth-order valence-electron chi connectivity index (χ4n) is 4.08. The first-order valence-electron chi connectivity index (χ1n) is 12.2. The number of hydrogen-bond acceptors (Lipinski definition) is 2. The molecule has 1 aromatic heterocycles. The van der Waals surface area contributed by atoms with Crippen LogP contribution in [-0.4, -0.2) is 30.5 Å². The van der Waals surface area contributed by atoms with Crippen LogP contribution in [0.5, 0.6) is 0 Å². The number of fused-ring (bicyclic) bond motifs is 1. The molecule has 0 radical (unpaired) electrons. The molecule has 0 unspecified atom stereocenters. The monoisotopic (exact) mass is 412 g/mol. The summed E-state index contributed by atoms with van der Waals surface area (Å²) in [6.45, 7) is 11.5. The Labute approximate surface area is 183 Å². The average Bonchev–Trinajstić information content (AvgIpc) is 2.75. The molecule has 0 saturated carbocycles. The molecule has 4 nitrogen and oxygen atoms in total. The van der Waals surface area contributed by atoms with Gasteiger partial charge in [0.1, 0.15) is 0 Å². The maximum absolute atomic E-state index is 13.1. The summed E-state index contributed by atoms with van der Waals surface area (Å²) in [6.07, 6.45) is 9.95. The Morgan fingerprint density at radius 1 is 0.900 bits per heavy atom. The molecule has 0 aliphatic rings. The molecular formula is C26H42N3O+. The molecule has 0 aliphatic carbocycles. The molecule has 2 aromatic rings. The predicted octanol–water partition coefficient (Wildman–Crippen LogP) is 4.95. The number of aryl methyl sites for hydroxylation is 1. The molecule has 1 aromatic carbocycles. The summed E-state index contributed by atoms with van der Waals surface area (Å²) in [4.78, 5) is 19.5. The van der Waals surface area contributed by atoms with Gasteiger partial charge >= 0.3 is 0 Å². The molecule has 0 aliphatic heterocycles. The summed E-state index contributed by atoms with van der Waals surface area (Å²) in [5.41, 5.74) is 4.39. The lowest BCUT2D eigenvalue weighted by Crippen LogP contribution is -3.13. The number of quaternary nitrogens is 1. The molecule has 4 heteroatoms. The van der Waals surface area contributed by atoms with Gasteiger partial charge in [-0.2, -0.15) is 0 Å². The van der Waals surface area contributed by atoms with Crippen molar-refractivity contribution in [2.24, 2.45) is 0 Å². The van der Waals surface area contributed by atoms with Crippen LogP contribution in [0.1, 0.15) is 83.9 Å². The summed E-state index contributed by atoms with van der Waals surface area (Å²) in [5, 5.41) is 4.41. The maximum atomic E-state index is 13.1. The number of carbonyl (C=O) groups excluding carboxylic acids is 1. The minimum Gasteiger partial charge on any atom is -0.327 e. The molecule has 0 atom stereocenters. The van der Waals surface area contributed by atoms with E-state index in [1.165, 1.54) is 36.1 Å². The Hall–Kier alpha value is -1.94. The second kappa shape index (κ2) is 13.4. The molecule has 1 amide bonds. The van der Waals surface area contributed by atoms with Gasteiger partial charge < -0.3 is 10.2 Å². The second-order valence-electron chi connectivity index (χ2n) is 8.46. The normalized spacial score (nSPS) is 11.4. The van der Waals surface area contributed by atoms with Crippen molar-refractivity contribution in [3.63, 3.8) is 0 Å². The number of carbonyl (C=O) groups is 1. The second-order valence-corrected chi connectivity index (χ2v) is 8.46. The van der Waals surface area contributed by atoms with Gasteiger partial charge in [0.25, 0.3) is 5.91 Å². The highest BCUT2D eigenvalue weighted by Crippen LogP contribution is 2.30. The maximum Gasteiger partial charge on any atom is 0.279 e. The lowest BCUT2D eigenvalue weighted by molar-refractivity contribution is -0.892. The number of amides is 1. The minimum absolute atomic E-state index is 0.132. The Balaban J connectivity index is 2.32. The van der Waals surface area contributed by atoms with E-state index >= 15 is 0 Å². The quantitative estimate of drug-likeness (QED) is 0.461. The topological polar surface area (TPSA) is 46.4 Å². The highest BCUT2D eigenvalue weighted by Gasteiger charge is 2.19. The van der Waals surface area contributed by atoms with Crippen molar-refractivity contribution in [1.29, 1.82) is 0 Å². The Bertz CT molecular complexity index is 779. The molecule has 30 heavy (non-hydrogen) atoms. The lowest BCUT2D eigenvalue weighted by atomic mass is 9.98. The minimum atomic E-state index is 0.132. The predicted molar refractivity (Wildman–Crippen MR) is 128 cm³/mol. The van der Waals surface area contributed by atoms with Gasteiger partial charge in [-0.3, -0.25) is 9.78 Å². The molecule has 2 N–H and O–H groups in total. The van der Waals surface area contributed by atoms with Crippen molar-refractivity contribution in [2.45, 2.75) is 85.5 Å². The lowest BCUT2D eigenvalue weighted by Gasteiger charge is -2.21. The van der Waals surface area contributed by atoms with Crippen LogP contribution in [0.4, 0.5) is 5.69 Å². The van der Waals surface area contributed by atoms with Crippen LogP contribution in [0, 0.1) is 0 Å². The van der Waals surface area contributed by atoms with E-state index in [4.69, 9.17) is 4.98 Å². The smallest absolute Gasteiger partial charge is 0.279 e. The summed E-state index contributed by atoms with van der Waals surface area (Å²) in [6, 6.07) is 8.24. The largest absolute Gasteiger partial charge is 0.327 e. The van der Waals surface area contributed by atoms with Crippen LogP contribution < -0.4 is 10.2 Å². The third kappa shape index (κ3) is 7.09. The van der Waals surface area contributed by atoms with Gasteiger partial charge in [-0.25, -0.2) is 0 Å². The third-order valence-corrected chi connectivity index (χ3v) is 5.79. The molecule has 0 fully saturated rings. The van der Waals surface area contributed by atoms with Crippen molar-refractivity contribution in [1.82, 2.24) is 4.98 Å². The van der Waals surface area contributed by atoms with Crippen molar-refractivity contribution in [3.8, 4) is 0 Å². The zero-order chi connectivity index (χ0) is 21.8. The molecule has 1 heterocycles. The van der Waals surface area contributed by atoms with Gasteiger partial charge in [0, 0.05) is 11.1 Å². The fourth-order valence-corrected chi connectivity index (χ4v) is 4.08. The van der Waals surface area contributed by atoms with E-state index in [1.807, 2.05) is 12.1 Å². The van der Waals surface area contributed by atoms with Crippen molar-refractivity contribution < 1.29 is 9.69 Å². The molecule has 166 valence electrons. The first kappa shape index (κ1) is 24.3. The first-order valence-corrected chi connectivity index (χ1v) is 12.2. The summed E-state index contributed by atoms with van der Waals surface area (Å²) < 4.78 is 0. The number of unbranched alkanes of at least 4 members (excludes halogenated alkanes) is 3. The van der Waals surface area contributed by atoms with Crippen LogP contribution in [0.2, 0.25) is 0 Å².